The predicted molar refractivity (Wildman–Crippen MR) is 65.5 cm³/mol. The van der Waals surface area contributed by atoms with Gasteiger partial charge in [0.15, 0.2) is 5.78 Å². The maximum absolute atomic E-state index is 11.7. The third-order valence-corrected chi connectivity index (χ3v) is 3.35. The monoisotopic (exact) mass is 273 g/mol. The fourth-order valence-corrected chi connectivity index (χ4v) is 2.19. The van der Waals surface area contributed by atoms with E-state index in [1.165, 1.54) is 26.4 Å². The van der Waals surface area contributed by atoms with Gasteiger partial charge in [-0.25, -0.2) is 13.6 Å². The van der Waals surface area contributed by atoms with Gasteiger partial charge in [-0.15, -0.1) is 0 Å². The number of benzene rings is 1. The zero-order chi connectivity index (χ0) is 13.9. The van der Waals surface area contributed by atoms with Crippen LogP contribution in [0, 0.1) is 0 Å². The number of hydrogen-bond acceptors (Lipinski definition) is 5. The van der Waals surface area contributed by atoms with Gasteiger partial charge >= 0.3 is 0 Å². The van der Waals surface area contributed by atoms with Crippen molar-refractivity contribution >= 4 is 15.8 Å². The summed E-state index contributed by atoms with van der Waals surface area (Å²) in [5.74, 6) is 0.00731. The van der Waals surface area contributed by atoms with Crippen LogP contribution in [-0.4, -0.2) is 28.4 Å². The molecule has 0 aliphatic carbocycles. The molecule has 0 saturated carbocycles. The zero-order valence-corrected chi connectivity index (χ0v) is 11.2. The highest BCUT2D eigenvalue weighted by atomic mass is 32.2. The Morgan fingerprint density at radius 3 is 2.17 bits per heavy atom. The molecule has 0 aliphatic rings. The van der Waals surface area contributed by atoms with Gasteiger partial charge in [0.1, 0.15) is 16.4 Å². The summed E-state index contributed by atoms with van der Waals surface area (Å²) >= 11 is 0. The van der Waals surface area contributed by atoms with Gasteiger partial charge in [0.25, 0.3) is 0 Å². The first-order valence-corrected chi connectivity index (χ1v) is 6.71. The van der Waals surface area contributed by atoms with E-state index in [1.54, 1.807) is 6.92 Å². The van der Waals surface area contributed by atoms with Gasteiger partial charge in [0, 0.05) is 12.5 Å². The van der Waals surface area contributed by atoms with Crippen LogP contribution in [0.2, 0.25) is 0 Å². The maximum Gasteiger partial charge on any atom is 0.241 e. The molecule has 2 N–H and O–H groups in total. The van der Waals surface area contributed by atoms with Gasteiger partial charge in [-0.1, -0.05) is 6.92 Å². The van der Waals surface area contributed by atoms with Crippen LogP contribution in [0.15, 0.2) is 17.0 Å². The Balaban J connectivity index is 3.57. The molecule has 1 aromatic carbocycles. The lowest BCUT2D eigenvalue weighted by Crippen LogP contribution is -2.14. The van der Waals surface area contributed by atoms with E-state index in [9.17, 15) is 13.2 Å². The van der Waals surface area contributed by atoms with Crippen molar-refractivity contribution < 1.29 is 22.7 Å². The van der Waals surface area contributed by atoms with Crippen molar-refractivity contribution in [3.8, 4) is 11.5 Å². The molecule has 1 rings (SSSR count). The second-order valence-electron chi connectivity index (χ2n) is 3.53. The van der Waals surface area contributed by atoms with Crippen LogP contribution in [0.5, 0.6) is 11.5 Å². The third kappa shape index (κ3) is 2.80. The van der Waals surface area contributed by atoms with Crippen LogP contribution in [0.3, 0.4) is 0 Å². The Labute approximate surface area is 106 Å². The first-order valence-electron chi connectivity index (χ1n) is 5.17. The van der Waals surface area contributed by atoms with Crippen LogP contribution in [0.25, 0.3) is 0 Å². The molecular formula is C11H15NO5S. The van der Waals surface area contributed by atoms with E-state index in [1.807, 2.05) is 0 Å². The number of nitrogens with two attached hydrogens (primary N) is 1. The molecule has 0 unspecified atom stereocenters. The van der Waals surface area contributed by atoms with Crippen LogP contribution < -0.4 is 14.6 Å². The average molecular weight is 273 g/mol. The molecule has 1 aromatic rings. The molecule has 0 saturated heterocycles. The highest BCUT2D eigenvalue weighted by Gasteiger charge is 2.21. The summed E-state index contributed by atoms with van der Waals surface area (Å²) in [7, 11) is -1.29. The number of ether oxygens (including phenoxy) is 2. The van der Waals surface area contributed by atoms with E-state index >= 15 is 0 Å². The molecule has 0 heterocycles. The maximum atomic E-state index is 11.7. The second-order valence-corrected chi connectivity index (χ2v) is 5.05. The molecule has 6 nitrogen and oxygen atoms in total. The van der Waals surface area contributed by atoms with Crippen LogP contribution >= 0.6 is 0 Å². The average Bonchev–Trinajstić information content (AvgIpc) is 2.34. The minimum absolute atomic E-state index is 0.0232. The number of sulfonamides is 1. The number of Topliss-reactive ketones (excluding diaryl/α,β-unsaturated/α-hetero) is 1. The first-order chi connectivity index (χ1) is 8.35. The van der Waals surface area contributed by atoms with Gasteiger partial charge in [0.05, 0.1) is 19.8 Å². The lowest BCUT2D eigenvalue weighted by atomic mass is 10.1. The van der Waals surface area contributed by atoms with Crippen molar-refractivity contribution in [1.82, 2.24) is 0 Å². The number of carbonyl (C=O) groups is 1. The number of rotatable bonds is 5. The van der Waals surface area contributed by atoms with Crippen LogP contribution in [-0.2, 0) is 10.0 Å². The van der Waals surface area contributed by atoms with Crippen molar-refractivity contribution in [1.29, 1.82) is 0 Å². The summed E-state index contributed by atoms with van der Waals surface area (Å²) in [4.78, 5) is 11.5. The van der Waals surface area contributed by atoms with Gasteiger partial charge in [-0.05, 0) is 6.07 Å². The van der Waals surface area contributed by atoms with Crippen molar-refractivity contribution in [2.45, 2.75) is 18.2 Å². The van der Waals surface area contributed by atoms with E-state index < -0.39 is 10.0 Å². The van der Waals surface area contributed by atoms with Crippen LogP contribution in [0.1, 0.15) is 23.7 Å². The summed E-state index contributed by atoms with van der Waals surface area (Å²) < 4.78 is 32.7. The fourth-order valence-electron chi connectivity index (χ4n) is 1.50. The number of hydrogen-bond donors (Lipinski definition) is 1. The minimum Gasteiger partial charge on any atom is -0.496 e. The first kappa shape index (κ1) is 14.5. The fraction of sp³-hybridized carbons (Fsp3) is 0.364. The third-order valence-electron chi connectivity index (χ3n) is 2.41. The highest BCUT2D eigenvalue weighted by molar-refractivity contribution is 7.89. The van der Waals surface area contributed by atoms with E-state index in [0.717, 1.165) is 0 Å². The van der Waals surface area contributed by atoms with Gasteiger partial charge in [-0.3, -0.25) is 4.79 Å². The Kier molecular flexibility index (Phi) is 4.31. The van der Waals surface area contributed by atoms with Crippen molar-refractivity contribution in [2.24, 2.45) is 5.14 Å². The summed E-state index contributed by atoms with van der Waals surface area (Å²) in [6.07, 6.45) is 0.272. The molecule has 0 atom stereocenters. The molecule has 0 aromatic heterocycles. The zero-order valence-electron chi connectivity index (χ0n) is 10.4. The minimum atomic E-state index is -3.94. The normalized spacial score (nSPS) is 11.1. The van der Waals surface area contributed by atoms with E-state index in [-0.39, 0.29) is 34.2 Å². The Morgan fingerprint density at radius 1 is 1.22 bits per heavy atom. The molecule has 0 spiro atoms. The molecule has 100 valence electrons. The molecule has 0 radical (unpaired) electrons. The number of primary sulfonamides is 1. The van der Waals surface area contributed by atoms with Crippen molar-refractivity contribution in [2.75, 3.05) is 14.2 Å². The predicted octanol–water partition coefficient (Wildman–Crippen LogP) is 0.944. The molecular weight excluding hydrogens is 258 g/mol. The molecule has 18 heavy (non-hydrogen) atoms. The molecule has 0 fully saturated rings. The SMILES string of the molecule is CCC(=O)c1cc(OC)c(S(N)(=O)=O)cc1OC. The lowest BCUT2D eigenvalue weighted by Gasteiger charge is -2.12. The summed E-state index contributed by atoms with van der Waals surface area (Å²) in [5, 5.41) is 5.07. The number of methoxy groups -OCH3 is 2. The molecule has 0 aliphatic heterocycles. The topological polar surface area (TPSA) is 95.7 Å². The standard InChI is InChI=1S/C11H15NO5S/c1-4-8(13)7-5-10(17-3)11(18(12,14)15)6-9(7)16-2/h5-6H,4H2,1-3H3,(H2,12,14,15). The quantitative estimate of drug-likeness (QED) is 0.805. The smallest absolute Gasteiger partial charge is 0.241 e. The molecule has 7 heteroatoms. The van der Waals surface area contributed by atoms with Crippen LogP contribution in [0.4, 0.5) is 0 Å². The number of ketones is 1. The summed E-state index contributed by atoms with van der Waals surface area (Å²) in [6, 6.07) is 2.52. The van der Waals surface area contributed by atoms with E-state index in [4.69, 9.17) is 14.6 Å². The molecule has 0 amide bonds. The second kappa shape index (κ2) is 5.36. The molecule has 0 bridgehead atoms. The summed E-state index contributed by atoms with van der Waals surface area (Å²) in [5.41, 5.74) is 0.268. The van der Waals surface area contributed by atoms with E-state index in [0.29, 0.717) is 0 Å². The summed E-state index contributed by atoms with van der Waals surface area (Å²) in [6.45, 7) is 1.70. The Bertz CT molecular complexity index is 565. The largest absolute Gasteiger partial charge is 0.496 e. The Hall–Kier alpha value is -1.60. The van der Waals surface area contributed by atoms with Gasteiger partial charge in [0.2, 0.25) is 10.0 Å². The van der Waals surface area contributed by atoms with E-state index in [2.05, 4.69) is 0 Å². The van der Waals surface area contributed by atoms with Crippen molar-refractivity contribution in [3.05, 3.63) is 17.7 Å². The Morgan fingerprint density at radius 2 is 1.78 bits per heavy atom. The highest BCUT2D eigenvalue weighted by Crippen LogP contribution is 2.32. The van der Waals surface area contributed by atoms with Gasteiger partial charge in [-0.2, -0.15) is 0 Å². The lowest BCUT2D eigenvalue weighted by molar-refractivity contribution is 0.0984. The van der Waals surface area contributed by atoms with Gasteiger partial charge < -0.3 is 9.47 Å². The van der Waals surface area contributed by atoms with Crippen molar-refractivity contribution in [3.63, 3.8) is 0 Å². The number of carbonyl (C=O) groups excluding carboxylic acids is 1.